The van der Waals surface area contributed by atoms with Gasteiger partial charge < -0.3 is 22.1 Å². The van der Waals surface area contributed by atoms with Gasteiger partial charge in [-0.3, -0.25) is 19.2 Å². The highest BCUT2D eigenvalue weighted by Crippen LogP contribution is 1.94. The van der Waals surface area contributed by atoms with Crippen LogP contribution in [0.1, 0.15) is 33.6 Å². The average molecular weight is 288 g/mol. The van der Waals surface area contributed by atoms with Gasteiger partial charge in [0.1, 0.15) is 0 Å². The third kappa shape index (κ3) is 10.0. The largest absolute Gasteiger partial charge is 0.368 e. The molecule has 0 radical (unpaired) electrons. The van der Waals surface area contributed by atoms with Crippen LogP contribution in [0.2, 0.25) is 0 Å². The SMILES string of the molecule is CC.CCCC(N)C(=O)C(=O)NCC(=O)NCC(N)=O. The van der Waals surface area contributed by atoms with Gasteiger partial charge in [0.2, 0.25) is 17.6 Å². The van der Waals surface area contributed by atoms with Crippen molar-refractivity contribution in [3.05, 3.63) is 0 Å². The first kappa shape index (κ1) is 20.4. The molecule has 0 aliphatic rings. The van der Waals surface area contributed by atoms with E-state index in [1.807, 2.05) is 20.8 Å². The standard InChI is InChI=1S/C10H18N4O4.C2H6/c1-2-3-6(11)9(17)10(18)14-5-8(16)13-4-7(12)15;1-2/h6H,2-5,11H2,1H3,(H2,12,15)(H,13,16)(H,14,18);1-2H3. The molecule has 8 heteroatoms. The summed E-state index contributed by atoms with van der Waals surface area (Å²) < 4.78 is 0. The second-order valence-corrected chi connectivity index (χ2v) is 3.69. The van der Waals surface area contributed by atoms with Gasteiger partial charge in [-0.25, -0.2) is 0 Å². The summed E-state index contributed by atoms with van der Waals surface area (Å²) in [5.74, 6) is -2.99. The van der Waals surface area contributed by atoms with Gasteiger partial charge in [0.15, 0.2) is 0 Å². The number of Topliss-reactive ketones (excluding diaryl/α,β-unsaturated/α-hetero) is 1. The summed E-state index contributed by atoms with van der Waals surface area (Å²) >= 11 is 0. The van der Waals surface area contributed by atoms with Crippen LogP contribution in [0.25, 0.3) is 0 Å². The number of carbonyl (C=O) groups is 4. The highest BCUT2D eigenvalue weighted by atomic mass is 16.2. The second kappa shape index (κ2) is 12.1. The van der Waals surface area contributed by atoms with E-state index >= 15 is 0 Å². The number of hydrogen-bond acceptors (Lipinski definition) is 5. The molecule has 0 saturated carbocycles. The van der Waals surface area contributed by atoms with Crippen molar-refractivity contribution >= 4 is 23.5 Å². The third-order valence-electron chi connectivity index (χ3n) is 2.03. The maximum absolute atomic E-state index is 11.4. The molecule has 0 aliphatic heterocycles. The smallest absolute Gasteiger partial charge is 0.289 e. The fourth-order valence-corrected chi connectivity index (χ4v) is 1.11. The van der Waals surface area contributed by atoms with E-state index in [4.69, 9.17) is 11.5 Å². The van der Waals surface area contributed by atoms with Crippen LogP contribution < -0.4 is 22.1 Å². The van der Waals surface area contributed by atoms with Crippen molar-refractivity contribution in [2.75, 3.05) is 13.1 Å². The second-order valence-electron chi connectivity index (χ2n) is 3.69. The third-order valence-corrected chi connectivity index (χ3v) is 2.03. The van der Waals surface area contributed by atoms with E-state index in [2.05, 4.69) is 10.6 Å². The van der Waals surface area contributed by atoms with Crippen LogP contribution >= 0.6 is 0 Å². The van der Waals surface area contributed by atoms with E-state index in [-0.39, 0.29) is 6.54 Å². The Bertz CT molecular complexity index is 344. The minimum Gasteiger partial charge on any atom is -0.368 e. The number of nitrogens with two attached hydrogens (primary N) is 2. The van der Waals surface area contributed by atoms with E-state index in [9.17, 15) is 19.2 Å². The predicted molar refractivity (Wildman–Crippen MR) is 74.5 cm³/mol. The van der Waals surface area contributed by atoms with Crippen molar-refractivity contribution in [1.29, 1.82) is 0 Å². The molecule has 3 amide bonds. The first-order valence-corrected chi connectivity index (χ1v) is 6.51. The molecule has 0 aliphatic carbocycles. The van der Waals surface area contributed by atoms with Gasteiger partial charge in [0, 0.05) is 0 Å². The molecular weight excluding hydrogens is 264 g/mol. The Hall–Kier alpha value is -1.96. The molecule has 0 aromatic carbocycles. The van der Waals surface area contributed by atoms with Gasteiger partial charge in [0.05, 0.1) is 19.1 Å². The molecule has 6 N–H and O–H groups in total. The molecule has 0 fully saturated rings. The molecular formula is C12H24N4O4. The van der Waals surface area contributed by atoms with E-state index in [1.165, 1.54) is 0 Å². The average Bonchev–Trinajstić information content (AvgIpc) is 2.43. The minimum atomic E-state index is -0.912. The summed E-state index contributed by atoms with van der Waals surface area (Å²) in [7, 11) is 0. The monoisotopic (exact) mass is 288 g/mol. The van der Waals surface area contributed by atoms with E-state index in [1.54, 1.807) is 0 Å². The fraction of sp³-hybridized carbons (Fsp3) is 0.667. The molecule has 1 atom stereocenters. The molecule has 116 valence electrons. The summed E-state index contributed by atoms with van der Waals surface area (Å²) in [5, 5.41) is 4.27. The molecule has 0 saturated heterocycles. The van der Waals surface area contributed by atoms with Crippen molar-refractivity contribution in [2.45, 2.75) is 39.7 Å². The van der Waals surface area contributed by atoms with Crippen LogP contribution in [0.15, 0.2) is 0 Å². The lowest BCUT2D eigenvalue weighted by Crippen LogP contribution is -2.46. The van der Waals surface area contributed by atoms with Crippen LogP contribution in [0.4, 0.5) is 0 Å². The zero-order valence-electron chi connectivity index (χ0n) is 12.2. The first-order valence-electron chi connectivity index (χ1n) is 6.51. The van der Waals surface area contributed by atoms with Crippen LogP contribution in [0, 0.1) is 0 Å². The molecule has 0 aromatic rings. The number of primary amides is 1. The number of nitrogens with one attached hydrogen (secondary N) is 2. The maximum Gasteiger partial charge on any atom is 0.289 e. The zero-order chi connectivity index (χ0) is 16.1. The quantitative estimate of drug-likeness (QED) is 0.399. The Morgan fingerprint density at radius 3 is 2.05 bits per heavy atom. The maximum atomic E-state index is 11.4. The number of carbonyl (C=O) groups excluding carboxylic acids is 4. The van der Waals surface area contributed by atoms with Crippen molar-refractivity contribution in [3.8, 4) is 0 Å². The van der Waals surface area contributed by atoms with Crippen molar-refractivity contribution < 1.29 is 19.2 Å². The summed E-state index contributed by atoms with van der Waals surface area (Å²) in [6.45, 7) is 5.11. The van der Waals surface area contributed by atoms with Crippen LogP contribution in [-0.2, 0) is 19.2 Å². The molecule has 8 nitrogen and oxygen atoms in total. The molecule has 0 heterocycles. The van der Waals surface area contributed by atoms with Gasteiger partial charge in [-0.2, -0.15) is 0 Å². The molecule has 0 bridgehead atoms. The normalized spacial score (nSPS) is 10.6. The fourth-order valence-electron chi connectivity index (χ4n) is 1.11. The molecule has 0 spiro atoms. The van der Waals surface area contributed by atoms with Gasteiger partial charge in [0.25, 0.3) is 5.91 Å². The van der Waals surface area contributed by atoms with Crippen molar-refractivity contribution in [1.82, 2.24) is 10.6 Å². The molecule has 0 aromatic heterocycles. The number of ketones is 1. The number of amides is 3. The lowest BCUT2D eigenvalue weighted by Gasteiger charge is -2.09. The van der Waals surface area contributed by atoms with E-state index < -0.39 is 36.1 Å². The van der Waals surface area contributed by atoms with Gasteiger partial charge >= 0.3 is 0 Å². The van der Waals surface area contributed by atoms with E-state index in [0.29, 0.717) is 12.8 Å². The molecule has 1 unspecified atom stereocenters. The van der Waals surface area contributed by atoms with Gasteiger partial charge in [-0.05, 0) is 6.42 Å². The van der Waals surface area contributed by atoms with Crippen molar-refractivity contribution in [3.63, 3.8) is 0 Å². The van der Waals surface area contributed by atoms with Crippen LogP contribution in [0.5, 0.6) is 0 Å². The van der Waals surface area contributed by atoms with Crippen LogP contribution in [0.3, 0.4) is 0 Å². The molecule has 0 rings (SSSR count). The Labute approximate surface area is 118 Å². The van der Waals surface area contributed by atoms with Gasteiger partial charge in [-0.1, -0.05) is 27.2 Å². The number of hydrogen-bond donors (Lipinski definition) is 4. The number of rotatable bonds is 8. The Morgan fingerprint density at radius 2 is 1.60 bits per heavy atom. The first-order chi connectivity index (χ1) is 9.38. The summed E-state index contributed by atoms with van der Waals surface area (Å²) in [6, 6.07) is -0.858. The Kier molecular flexibility index (Phi) is 12.3. The zero-order valence-corrected chi connectivity index (χ0v) is 12.2. The Balaban J connectivity index is 0. The predicted octanol–water partition coefficient (Wildman–Crippen LogP) is -1.57. The Morgan fingerprint density at radius 1 is 1.05 bits per heavy atom. The van der Waals surface area contributed by atoms with E-state index in [0.717, 1.165) is 0 Å². The molecule has 20 heavy (non-hydrogen) atoms. The summed E-state index contributed by atoms with van der Waals surface area (Å²) in [6.07, 6.45) is 1.08. The highest BCUT2D eigenvalue weighted by Gasteiger charge is 2.21. The van der Waals surface area contributed by atoms with Gasteiger partial charge in [-0.15, -0.1) is 0 Å². The lowest BCUT2D eigenvalue weighted by molar-refractivity contribution is -0.139. The van der Waals surface area contributed by atoms with Crippen LogP contribution in [-0.4, -0.2) is 42.6 Å². The summed E-state index contributed by atoms with van der Waals surface area (Å²) in [4.78, 5) is 44.1. The minimum absolute atomic E-state index is 0.321. The lowest BCUT2D eigenvalue weighted by atomic mass is 10.1. The topological polar surface area (TPSA) is 144 Å². The highest BCUT2D eigenvalue weighted by molar-refractivity contribution is 6.38. The summed E-state index contributed by atoms with van der Waals surface area (Å²) in [5.41, 5.74) is 10.3. The van der Waals surface area contributed by atoms with Crippen molar-refractivity contribution in [2.24, 2.45) is 11.5 Å².